The Kier molecular flexibility index (Phi) is 6.53. The molecule has 10 nitrogen and oxygen atoms in total. The first-order chi connectivity index (χ1) is 17.6. The molecule has 0 spiro atoms. The van der Waals surface area contributed by atoms with Crippen LogP contribution in [0.5, 0.6) is 0 Å². The average Bonchev–Trinajstić information content (AvgIpc) is 3.21. The van der Waals surface area contributed by atoms with E-state index in [0.29, 0.717) is 25.3 Å². The molecule has 3 heterocycles. The highest BCUT2D eigenvalue weighted by molar-refractivity contribution is 6.16. The van der Waals surface area contributed by atoms with Gasteiger partial charge in [0.2, 0.25) is 11.6 Å². The summed E-state index contributed by atoms with van der Waals surface area (Å²) in [6.45, 7) is 3.02. The van der Waals surface area contributed by atoms with Crippen LogP contribution in [0.2, 0.25) is 0 Å². The van der Waals surface area contributed by atoms with Crippen LogP contribution in [0.1, 0.15) is 39.9 Å². The minimum Gasteiger partial charge on any atom is -0.379 e. The van der Waals surface area contributed by atoms with Gasteiger partial charge >= 0.3 is 0 Å². The number of imide groups is 1. The summed E-state index contributed by atoms with van der Waals surface area (Å²) in [6.07, 6.45) is -0.377. The quantitative estimate of drug-likeness (QED) is 0.246. The second-order valence-corrected chi connectivity index (χ2v) is 9.51. The molecule has 2 aromatic rings. The number of rotatable bonds is 6. The standard InChI is InChI=1S/C25H26BFN4O6/c26-25(36,18-12-15(4-5-19(18)27)13-30-8-10-37-11-9-30)29-20-3-1-2-16-17(20)14-31(22(16)33)24(35)7-6-21(32)28-23(24)34/h1-5,12,29,35-36H,6-11,13-14H2,(H,28,32,34). The van der Waals surface area contributed by atoms with E-state index in [0.717, 1.165) is 23.6 Å². The van der Waals surface area contributed by atoms with Crippen molar-refractivity contribution in [2.24, 2.45) is 0 Å². The first kappa shape index (κ1) is 25.3. The van der Waals surface area contributed by atoms with Gasteiger partial charge in [-0.2, -0.15) is 0 Å². The monoisotopic (exact) mass is 508 g/mol. The van der Waals surface area contributed by atoms with Crippen molar-refractivity contribution >= 4 is 31.3 Å². The van der Waals surface area contributed by atoms with E-state index >= 15 is 0 Å². The van der Waals surface area contributed by atoms with E-state index in [1.807, 2.05) is 0 Å². The minimum absolute atomic E-state index is 0.129. The Labute approximate surface area is 213 Å². The number of nitrogens with one attached hydrogen (secondary N) is 2. The zero-order chi connectivity index (χ0) is 26.4. The SMILES string of the molecule is [B]C(O)(Nc1cccc2c1CN(C1(O)CCC(=O)NC1=O)C2=O)c1cc(CN2CCOCC2)ccc1F. The van der Waals surface area contributed by atoms with E-state index in [1.54, 1.807) is 18.2 Å². The lowest BCUT2D eigenvalue weighted by Gasteiger charge is -2.37. The Morgan fingerprint density at radius 2 is 1.95 bits per heavy atom. The smallest absolute Gasteiger partial charge is 0.279 e. The topological polar surface area (TPSA) is 131 Å². The Morgan fingerprint density at radius 1 is 1.19 bits per heavy atom. The van der Waals surface area contributed by atoms with E-state index in [2.05, 4.69) is 15.5 Å². The number of carbonyl (C=O) groups excluding carboxylic acids is 3. The molecular weight excluding hydrogens is 482 g/mol. The number of morpholine rings is 1. The molecule has 0 aromatic heterocycles. The number of ether oxygens (including phenoxy) is 1. The van der Waals surface area contributed by atoms with Crippen molar-refractivity contribution in [3.63, 3.8) is 0 Å². The van der Waals surface area contributed by atoms with Gasteiger partial charge in [0, 0.05) is 54.9 Å². The number of nitrogens with zero attached hydrogens (tertiary/aromatic N) is 2. The fourth-order valence-electron chi connectivity index (χ4n) is 4.95. The van der Waals surface area contributed by atoms with Gasteiger partial charge in [-0.3, -0.25) is 29.5 Å². The molecule has 3 amide bonds. The van der Waals surface area contributed by atoms with Crippen molar-refractivity contribution in [2.75, 3.05) is 31.6 Å². The van der Waals surface area contributed by atoms with Gasteiger partial charge in [-0.05, 0) is 29.8 Å². The van der Waals surface area contributed by atoms with Crippen LogP contribution in [0, 0.1) is 5.82 Å². The van der Waals surface area contributed by atoms with Crippen molar-refractivity contribution < 1.29 is 33.7 Å². The van der Waals surface area contributed by atoms with Crippen molar-refractivity contribution in [1.29, 1.82) is 0 Å². The van der Waals surface area contributed by atoms with Crippen molar-refractivity contribution in [3.05, 3.63) is 64.5 Å². The van der Waals surface area contributed by atoms with Crippen LogP contribution in [0.15, 0.2) is 36.4 Å². The number of carbonyl (C=O) groups is 3. The van der Waals surface area contributed by atoms with E-state index in [9.17, 15) is 29.0 Å². The molecule has 2 fully saturated rings. The third kappa shape index (κ3) is 4.73. The third-order valence-electron chi connectivity index (χ3n) is 7.01. The molecule has 2 atom stereocenters. The number of hydrogen-bond donors (Lipinski definition) is 4. The van der Waals surface area contributed by atoms with Gasteiger partial charge in [0.1, 0.15) is 11.4 Å². The van der Waals surface area contributed by atoms with E-state index in [-0.39, 0.29) is 36.2 Å². The molecule has 0 saturated carbocycles. The van der Waals surface area contributed by atoms with Crippen LogP contribution in [-0.2, 0) is 33.0 Å². The predicted octanol–water partition coefficient (Wildman–Crippen LogP) is 0.122. The van der Waals surface area contributed by atoms with E-state index < -0.39 is 34.9 Å². The summed E-state index contributed by atoms with van der Waals surface area (Å²) in [7, 11) is 6.16. The Bertz CT molecular complexity index is 1270. The van der Waals surface area contributed by atoms with Gasteiger partial charge in [0.15, 0.2) is 7.85 Å². The Hall–Kier alpha value is -3.32. The van der Waals surface area contributed by atoms with Crippen LogP contribution >= 0.6 is 0 Å². The third-order valence-corrected chi connectivity index (χ3v) is 7.01. The lowest BCUT2D eigenvalue weighted by molar-refractivity contribution is -0.167. The molecule has 2 unspecified atom stereocenters. The molecule has 3 aliphatic heterocycles. The lowest BCUT2D eigenvalue weighted by atomic mass is 9.82. The molecule has 0 aliphatic carbocycles. The van der Waals surface area contributed by atoms with Crippen LogP contribution in [0.4, 0.5) is 10.1 Å². The van der Waals surface area contributed by atoms with Crippen molar-refractivity contribution in [1.82, 2.24) is 15.1 Å². The van der Waals surface area contributed by atoms with E-state index in [4.69, 9.17) is 12.6 Å². The maximum Gasteiger partial charge on any atom is 0.279 e. The summed E-state index contributed by atoms with van der Waals surface area (Å²) in [5.74, 6) is -2.85. The highest BCUT2D eigenvalue weighted by Crippen LogP contribution is 2.37. The van der Waals surface area contributed by atoms with Gasteiger partial charge in [0.05, 0.1) is 19.8 Å². The molecule has 37 heavy (non-hydrogen) atoms. The zero-order valence-electron chi connectivity index (χ0n) is 20.0. The fraction of sp³-hybridized carbons (Fsp3) is 0.400. The molecule has 2 radical (unpaired) electrons. The number of halogens is 1. The highest BCUT2D eigenvalue weighted by atomic mass is 19.1. The van der Waals surface area contributed by atoms with Gasteiger partial charge in [0.25, 0.3) is 11.8 Å². The van der Waals surface area contributed by atoms with Crippen LogP contribution < -0.4 is 10.6 Å². The molecule has 3 aliphatic rings. The first-order valence-corrected chi connectivity index (χ1v) is 12.0. The van der Waals surface area contributed by atoms with Gasteiger partial charge in [-0.25, -0.2) is 4.39 Å². The molecule has 12 heteroatoms. The van der Waals surface area contributed by atoms with Gasteiger partial charge in [-0.1, -0.05) is 12.1 Å². The number of amides is 3. The molecule has 4 N–H and O–H groups in total. The molecule has 2 aromatic carbocycles. The maximum absolute atomic E-state index is 14.8. The van der Waals surface area contributed by atoms with Crippen LogP contribution in [0.3, 0.4) is 0 Å². The summed E-state index contributed by atoms with van der Waals surface area (Å²) in [6, 6.07) is 8.96. The number of piperidine rings is 1. The van der Waals surface area contributed by atoms with E-state index in [1.165, 1.54) is 18.2 Å². The maximum atomic E-state index is 14.8. The summed E-state index contributed by atoms with van der Waals surface area (Å²) in [5.41, 5.74) is -3.21. The molecule has 192 valence electrons. The van der Waals surface area contributed by atoms with Crippen LogP contribution in [-0.4, -0.2) is 77.6 Å². The van der Waals surface area contributed by atoms with Gasteiger partial charge in [-0.15, -0.1) is 0 Å². The fourth-order valence-corrected chi connectivity index (χ4v) is 4.95. The molecule has 0 bridgehead atoms. The Balaban J connectivity index is 1.40. The average molecular weight is 508 g/mol. The number of aliphatic hydroxyl groups is 2. The highest BCUT2D eigenvalue weighted by Gasteiger charge is 2.51. The number of anilines is 1. The first-order valence-electron chi connectivity index (χ1n) is 12.0. The van der Waals surface area contributed by atoms with Crippen LogP contribution in [0.25, 0.3) is 0 Å². The summed E-state index contributed by atoms with van der Waals surface area (Å²) >= 11 is 0. The normalized spacial score (nSPS) is 24.0. The second-order valence-electron chi connectivity index (χ2n) is 9.51. The molecule has 2 saturated heterocycles. The summed E-state index contributed by atoms with van der Waals surface area (Å²) in [5, 5.41) is 26.9. The lowest BCUT2D eigenvalue weighted by Crippen LogP contribution is -2.63. The predicted molar refractivity (Wildman–Crippen MR) is 129 cm³/mol. The van der Waals surface area contributed by atoms with Crippen molar-refractivity contribution in [3.8, 4) is 0 Å². The summed E-state index contributed by atoms with van der Waals surface area (Å²) in [4.78, 5) is 40.2. The summed E-state index contributed by atoms with van der Waals surface area (Å²) < 4.78 is 20.2. The largest absolute Gasteiger partial charge is 0.379 e. The molecule has 5 rings (SSSR count). The number of hydrogen-bond acceptors (Lipinski definition) is 8. The zero-order valence-corrected chi connectivity index (χ0v) is 20.0. The number of fused-ring (bicyclic) bond motifs is 1. The Morgan fingerprint density at radius 3 is 2.68 bits per heavy atom. The van der Waals surface area contributed by atoms with Gasteiger partial charge < -0.3 is 20.3 Å². The molecular formula is C25H26BFN4O6. The minimum atomic E-state index is -2.35. The van der Waals surface area contributed by atoms with Crippen molar-refractivity contribution in [2.45, 2.75) is 37.3 Å². The second kappa shape index (κ2) is 9.53. The number of benzene rings is 2.